The van der Waals surface area contributed by atoms with E-state index < -0.39 is 5.82 Å². The molecule has 0 bridgehead atoms. The molecule has 4 heteroatoms. The van der Waals surface area contributed by atoms with Gasteiger partial charge in [0.15, 0.2) is 0 Å². The average molecular weight is 277 g/mol. The van der Waals surface area contributed by atoms with Crippen LogP contribution in [0.1, 0.15) is 42.6 Å². The number of rotatable bonds is 5. The molecule has 108 valence electrons. The Labute approximate surface area is 119 Å². The Kier molecular flexibility index (Phi) is 6.75. The van der Waals surface area contributed by atoms with Gasteiger partial charge in [-0.2, -0.15) is 0 Å². The van der Waals surface area contributed by atoms with Gasteiger partial charge in [-0.05, 0) is 31.5 Å². The van der Waals surface area contributed by atoms with Gasteiger partial charge in [0.05, 0.1) is 5.56 Å². The summed E-state index contributed by atoms with van der Waals surface area (Å²) in [6, 6.07) is 4.27. The lowest BCUT2D eigenvalue weighted by Crippen LogP contribution is -2.32. The van der Waals surface area contributed by atoms with Crippen LogP contribution in [0.5, 0.6) is 0 Å². The molecule has 0 saturated carbocycles. The van der Waals surface area contributed by atoms with Crippen LogP contribution in [0.15, 0.2) is 18.2 Å². The predicted octanol–water partition coefficient (Wildman–Crippen LogP) is 2.43. The van der Waals surface area contributed by atoms with Crippen LogP contribution in [0.3, 0.4) is 0 Å². The van der Waals surface area contributed by atoms with Crippen molar-refractivity contribution in [2.75, 3.05) is 19.7 Å². The molecule has 0 aliphatic heterocycles. The molecule has 0 aliphatic rings. The van der Waals surface area contributed by atoms with E-state index in [-0.39, 0.29) is 18.1 Å². The fraction of sp³-hybridized carbons (Fsp3) is 0.438. The van der Waals surface area contributed by atoms with Gasteiger partial charge in [0.25, 0.3) is 5.91 Å². The van der Waals surface area contributed by atoms with Crippen LogP contribution in [-0.4, -0.2) is 35.6 Å². The van der Waals surface area contributed by atoms with Crippen molar-refractivity contribution in [3.63, 3.8) is 0 Å². The molecule has 1 rings (SSSR count). The second kappa shape index (κ2) is 8.34. The normalized spacial score (nSPS) is 9.80. The van der Waals surface area contributed by atoms with Gasteiger partial charge in [-0.25, -0.2) is 4.39 Å². The quantitative estimate of drug-likeness (QED) is 0.840. The van der Waals surface area contributed by atoms with Crippen LogP contribution < -0.4 is 0 Å². The van der Waals surface area contributed by atoms with Gasteiger partial charge >= 0.3 is 0 Å². The zero-order valence-corrected chi connectivity index (χ0v) is 11.9. The van der Waals surface area contributed by atoms with Crippen LogP contribution in [0.25, 0.3) is 0 Å². The largest absolute Gasteiger partial charge is 0.384 e. The highest BCUT2D eigenvalue weighted by Crippen LogP contribution is 2.13. The number of carbonyl (C=O) groups is 1. The summed E-state index contributed by atoms with van der Waals surface area (Å²) in [4.78, 5) is 13.9. The van der Waals surface area contributed by atoms with Crippen LogP contribution in [0.4, 0.5) is 4.39 Å². The highest BCUT2D eigenvalue weighted by atomic mass is 19.1. The highest BCUT2D eigenvalue weighted by molar-refractivity contribution is 5.94. The monoisotopic (exact) mass is 277 g/mol. The molecule has 0 aromatic heterocycles. The second-order valence-electron chi connectivity index (χ2n) is 4.39. The van der Waals surface area contributed by atoms with E-state index in [0.29, 0.717) is 18.7 Å². The average Bonchev–Trinajstić information content (AvgIpc) is 2.45. The Hall–Kier alpha value is -1.86. The molecule has 0 fully saturated rings. The lowest BCUT2D eigenvalue weighted by Gasteiger charge is -2.20. The van der Waals surface area contributed by atoms with Crippen molar-refractivity contribution in [1.29, 1.82) is 0 Å². The molecule has 0 radical (unpaired) electrons. The number of benzene rings is 1. The van der Waals surface area contributed by atoms with E-state index in [4.69, 9.17) is 5.11 Å². The number of hydrogen-bond acceptors (Lipinski definition) is 2. The Morgan fingerprint density at radius 1 is 1.40 bits per heavy atom. The standard InChI is InChI=1S/C16H20FNO2/c1-3-5-10-18(4-2)16(20)14-9-8-13(7-6-11-19)12-15(14)17/h8-9,12,19H,3-5,10-11H2,1-2H3. The topological polar surface area (TPSA) is 40.5 Å². The van der Waals surface area contributed by atoms with E-state index in [9.17, 15) is 9.18 Å². The van der Waals surface area contributed by atoms with E-state index in [1.165, 1.54) is 12.1 Å². The number of halogens is 1. The number of nitrogens with zero attached hydrogens (tertiary/aromatic N) is 1. The summed E-state index contributed by atoms with van der Waals surface area (Å²) in [5.41, 5.74) is 0.516. The summed E-state index contributed by atoms with van der Waals surface area (Å²) in [6.45, 7) is 4.85. The van der Waals surface area contributed by atoms with E-state index in [2.05, 4.69) is 11.8 Å². The molecular formula is C16H20FNO2. The van der Waals surface area contributed by atoms with Crippen molar-refractivity contribution in [1.82, 2.24) is 4.90 Å². The molecule has 3 nitrogen and oxygen atoms in total. The van der Waals surface area contributed by atoms with Crippen molar-refractivity contribution in [3.05, 3.63) is 35.1 Å². The van der Waals surface area contributed by atoms with Crippen molar-refractivity contribution < 1.29 is 14.3 Å². The maximum Gasteiger partial charge on any atom is 0.256 e. The number of aliphatic hydroxyl groups excluding tert-OH is 1. The first-order valence-corrected chi connectivity index (χ1v) is 6.82. The lowest BCUT2D eigenvalue weighted by molar-refractivity contribution is 0.0757. The molecule has 0 atom stereocenters. The molecule has 1 aromatic rings. The summed E-state index contributed by atoms with van der Waals surface area (Å²) < 4.78 is 14.0. The van der Waals surface area contributed by atoms with Crippen LogP contribution in [0, 0.1) is 17.7 Å². The smallest absolute Gasteiger partial charge is 0.256 e. The Bertz CT molecular complexity index is 517. The minimum absolute atomic E-state index is 0.0671. The van der Waals surface area contributed by atoms with Crippen LogP contribution in [-0.2, 0) is 0 Å². The Balaban J connectivity index is 2.92. The summed E-state index contributed by atoms with van der Waals surface area (Å²) >= 11 is 0. The predicted molar refractivity (Wildman–Crippen MR) is 76.8 cm³/mol. The number of aliphatic hydroxyl groups is 1. The van der Waals surface area contributed by atoms with Gasteiger partial charge in [-0.15, -0.1) is 0 Å². The molecule has 0 unspecified atom stereocenters. The molecule has 0 spiro atoms. The van der Waals surface area contributed by atoms with Gasteiger partial charge in [-0.1, -0.05) is 25.2 Å². The van der Waals surface area contributed by atoms with E-state index >= 15 is 0 Å². The maximum atomic E-state index is 14.0. The third kappa shape index (κ3) is 4.36. The molecule has 1 aromatic carbocycles. The van der Waals surface area contributed by atoms with Gasteiger partial charge in [0, 0.05) is 18.7 Å². The summed E-state index contributed by atoms with van der Waals surface area (Å²) in [5.74, 6) is 4.19. The first-order valence-electron chi connectivity index (χ1n) is 6.82. The zero-order valence-electron chi connectivity index (χ0n) is 11.9. The molecule has 0 aliphatic carbocycles. The summed E-state index contributed by atoms with van der Waals surface area (Å²) in [5, 5.41) is 8.60. The Morgan fingerprint density at radius 2 is 2.15 bits per heavy atom. The number of hydrogen-bond donors (Lipinski definition) is 1. The minimum atomic E-state index is -0.574. The van der Waals surface area contributed by atoms with Crippen molar-refractivity contribution in [2.24, 2.45) is 0 Å². The van der Waals surface area contributed by atoms with Crippen molar-refractivity contribution in [2.45, 2.75) is 26.7 Å². The zero-order chi connectivity index (χ0) is 15.0. The number of carbonyl (C=O) groups excluding carboxylic acids is 1. The van der Waals surface area contributed by atoms with Crippen molar-refractivity contribution >= 4 is 5.91 Å². The van der Waals surface area contributed by atoms with E-state index in [1.807, 2.05) is 13.8 Å². The van der Waals surface area contributed by atoms with Gasteiger partial charge in [-0.3, -0.25) is 4.79 Å². The second-order valence-corrected chi connectivity index (χ2v) is 4.39. The van der Waals surface area contributed by atoms with Crippen LogP contribution in [0.2, 0.25) is 0 Å². The molecule has 0 saturated heterocycles. The summed E-state index contributed by atoms with van der Waals surface area (Å²) in [7, 11) is 0. The first-order chi connectivity index (χ1) is 9.63. The molecule has 1 amide bonds. The third-order valence-corrected chi connectivity index (χ3v) is 2.96. The SMILES string of the molecule is CCCCN(CC)C(=O)c1ccc(C#CCO)cc1F. The third-order valence-electron chi connectivity index (χ3n) is 2.96. The molecule has 20 heavy (non-hydrogen) atoms. The first kappa shape index (κ1) is 16.2. The van der Waals surface area contributed by atoms with Crippen LogP contribution >= 0.6 is 0 Å². The van der Waals surface area contributed by atoms with Gasteiger partial charge in [0.2, 0.25) is 0 Å². The van der Waals surface area contributed by atoms with Gasteiger partial charge < -0.3 is 10.0 Å². The fourth-order valence-corrected chi connectivity index (χ4v) is 1.83. The van der Waals surface area contributed by atoms with E-state index in [0.717, 1.165) is 12.8 Å². The van der Waals surface area contributed by atoms with Crippen molar-refractivity contribution in [3.8, 4) is 11.8 Å². The molecule has 1 N–H and O–H groups in total. The van der Waals surface area contributed by atoms with E-state index in [1.54, 1.807) is 11.0 Å². The maximum absolute atomic E-state index is 14.0. The lowest BCUT2D eigenvalue weighted by atomic mass is 10.1. The highest BCUT2D eigenvalue weighted by Gasteiger charge is 2.17. The minimum Gasteiger partial charge on any atom is -0.384 e. The van der Waals surface area contributed by atoms with Gasteiger partial charge in [0.1, 0.15) is 12.4 Å². The molecular weight excluding hydrogens is 257 g/mol. The fourth-order valence-electron chi connectivity index (χ4n) is 1.83. The summed E-state index contributed by atoms with van der Waals surface area (Å²) in [6.07, 6.45) is 1.89. The molecule has 0 heterocycles. The number of unbranched alkanes of at least 4 members (excludes halogenated alkanes) is 1. The Morgan fingerprint density at radius 3 is 2.70 bits per heavy atom. The number of amides is 1.